The zero-order chi connectivity index (χ0) is 21.4. The molecule has 29 heavy (non-hydrogen) atoms. The van der Waals surface area contributed by atoms with E-state index in [4.69, 9.17) is 14.2 Å². The number of nitrogens with one attached hydrogen (secondary N) is 1. The van der Waals surface area contributed by atoms with Gasteiger partial charge in [-0.2, -0.15) is 0 Å². The fourth-order valence-corrected chi connectivity index (χ4v) is 2.62. The molecule has 0 unspecified atom stereocenters. The van der Waals surface area contributed by atoms with Gasteiger partial charge in [0.05, 0.1) is 21.3 Å². The van der Waals surface area contributed by atoms with Crippen LogP contribution in [0.1, 0.15) is 11.1 Å². The minimum Gasteiger partial charge on any atom is -0.504 e. The highest BCUT2D eigenvalue weighted by Gasteiger charge is 2.21. The minimum atomic E-state index is -0.966. The number of phenols is 2. The van der Waals surface area contributed by atoms with Gasteiger partial charge in [-0.15, -0.1) is 0 Å². The van der Waals surface area contributed by atoms with E-state index in [0.717, 1.165) is 0 Å². The molecule has 0 bridgehead atoms. The van der Waals surface area contributed by atoms with Gasteiger partial charge in [0.25, 0.3) is 0 Å². The molecular formula is C21H23NO7. The van der Waals surface area contributed by atoms with E-state index in [1.807, 2.05) is 0 Å². The molecule has 0 aromatic heterocycles. The number of methoxy groups -OCH3 is 3. The van der Waals surface area contributed by atoms with Crippen LogP contribution >= 0.6 is 0 Å². The van der Waals surface area contributed by atoms with E-state index in [1.54, 1.807) is 24.3 Å². The van der Waals surface area contributed by atoms with Crippen LogP contribution < -0.4 is 14.8 Å². The molecule has 3 N–H and O–H groups in total. The van der Waals surface area contributed by atoms with Crippen molar-refractivity contribution >= 4 is 18.0 Å². The lowest BCUT2D eigenvalue weighted by atomic mass is 10.1. The Kier molecular flexibility index (Phi) is 7.47. The standard InChI is InChI=1S/C21H23NO7/c1-27-18-8-5-13(12-19(18)28-2)6-9-20(25)22-15(21(26)29-3)10-14-4-7-16(23)17(24)11-14/h4-9,11-12,15,23-24H,10H2,1-3H3,(H,22,25)/b9-6+/t15-/m1/s1. The van der Waals surface area contributed by atoms with Gasteiger partial charge in [0.1, 0.15) is 6.04 Å². The molecule has 1 atom stereocenters. The van der Waals surface area contributed by atoms with Gasteiger partial charge in [-0.05, 0) is 41.5 Å². The molecule has 0 spiro atoms. The third-order valence-corrected chi connectivity index (χ3v) is 4.12. The highest BCUT2D eigenvalue weighted by Crippen LogP contribution is 2.28. The Labute approximate surface area is 168 Å². The van der Waals surface area contributed by atoms with Crippen LogP contribution in [0, 0.1) is 0 Å². The van der Waals surface area contributed by atoms with Crippen molar-refractivity contribution in [1.29, 1.82) is 0 Å². The summed E-state index contributed by atoms with van der Waals surface area (Å²) in [5.74, 6) is -0.633. The number of aromatic hydroxyl groups is 2. The number of ether oxygens (including phenoxy) is 3. The monoisotopic (exact) mass is 401 g/mol. The molecule has 1 amide bonds. The molecule has 0 aliphatic rings. The summed E-state index contributed by atoms with van der Waals surface area (Å²) < 4.78 is 15.1. The highest BCUT2D eigenvalue weighted by molar-refractivity contribution is 5.94. The lowest BCUT2D eigenvalue weighted by molar-refractivity contribution is -0.144. The number of carbonyl (C=O) groups is 2. The summed E-state index contributed by atoms with van der Waals surface area (Å²) in [7, 11) is 4.26. The summed E-state index contributed by atoms with van der Waals surface area (Å²) in [4.78, 5) is 24.3. The van der Waals surface area contributed by atoms with Crippen molar-refractivity contribution in [3.8, 4) is 23.0 Å². The van der Waals surface area contributed by atoms with Crippen LogP contribution in [0.5, 0.6) is 23.0 Å². The highest BCUT2D eigenvalue weighted by atomic mass is 16.5. The van der Waals surface area contributed by atoms with E-state index >= 15 is 0 Å². The first-order chi connectivity index (χ1) is 13.9. The Morgan fingerprint density at radius 1 is 1.00 bits per heavy atom. The Morgan fingerprint density at radius 2 is 1.72 bits per heavy atom. The van der Waals surface area contributed by atoms with Crippen LogP contribution in [0.15, 0.2) is 42.5 Å². The molecule has 0 heterocycles. The topological polar surface area (TPSA) is 114 Å². The van der Waals surface area contributed by atoms with Crippen molar-refractivity contribution in [2.75, 3.05) is 21.3 Å². The average Bonchev–Trinajstić information content (AvgIpc) is 2.73. The summed E-state index contributed by atoms with van der Waals surface area (Å²) >= 11 is 0. The third kappa shape index (κ3) is 5.90. The van der Waals surface area contributed by atoms with E-state index in [1.165, 1.54) is 45.6 Å². The average molecular weight is 401 g/mol. The van der Waals surface area contributed by atoms with Gasteiger partial charge in [-0.25, -0.2) is 4.79 Å². The predicted molar refractivity (Wildman–Crippen MR) is 106 cm³/mol. The fourth-order valence-electron chi connectivity index (χ4n) is 2.62. The summed E-state index contributed by atoms with van der Waals surface area (Å²) in [5.41, 5.74) is 1.25. The van der Waals surface area contributed by atoms with Crippen molar-refractivity contribution in [3.63, 3.8) is 0 Å². The van der Waals surface area contributed by atoms with E-state index in [-0.39, 0.29) is 17.9 Å². The molecule has 0 radical (unpaired) electrons. The number of phenolic OH excluding ortho intramolecular Hbond substituents is 2. The summed E-state index contributed by atoms with van der Waals surface area (Å²) in [6.07, 6.45) is 2.93. The van der Waals surface area contributed by atoms with Crippen LogP contribution in [-0.2, 0) is 20.7 Å². The van der Waals surface area contributed by atoms with Crippen molar-refractivity contribution in [1.82, 2.24) is 5.32 Å². The molecule has 2 aromatic rings. The van der Waals surface area contributed by atoms with Gasteiger partial charge in [-0.3, -0.25) is 4.79 Å². The lowest BCUT2D eigenvalue weighted by Gasteiger charge is -2.16. The molecule has 0 saturated carbocycles. The van der Waals surface area contributed by atoms with Crippen LogP contribution in [0.3, 0.4) is 0 Å². The summed E-state index contributed by atoms with van der Waals surface area (Å²) in [6.45, 7) is 0. The van der Waals surface area contributed by atoms with Gasteiger partial charge in [0.15, 0.2) is 23.0 Å². The first-order valence-corrected chi connectivity index (χ1v) is 8.67. The second kappa shape index (κ2) is 10.0. The zero-order valence-electron chi connectivity index (χ0n) is 16.3. The number of hydrogen-bond acceptors (Lipinski definition) is 7. The molecule has 0 aliphatic heterocycles. The Balaban J connectivity index is 2.10. The SMILES string of the molecule is COC(=O)[C@@H](Cc1ccc(O)c(O)c1)NC(=O)/C=C/c1ccc(OC)c(OC)c1. The molecule has 0 saturated heterocycles. The molecule has 8 heteroatoms. The van der Waals surface area contributed by atoms with E-state index in [2.05, 4.69) is 5.32 Å². The number of amides is 1. The van der Waals surface area contributed by atoms with E-state index in [9.17, 15) is 19.8 Å². The zero-order valence-corrected chi connectivity index (χ0v) is 16.3. The number of hydrogen-bond donors (Lipinski definition) is 3. The van der Waals surface area contributed by atoms with E-state index in [0.29, 0.717) is 22.6 Å². The van der Waals surface area contributed by atoms with Gasteiger partial charge >= 0.3 is 5.97 Å². The van der Waals surface area contributed by atoms with Crippen LogP contribution in [-0.4, -0.2) is 49.5 Å². The molecule has 154 valence electrons. The van der Waals surface area contributed by atoms with Crippen molar-refractivity contribution < 1.29 is 34.0 Å². The van der Waals surface area contributed by atoms with Gasteiger partial charge in [0, 0.05) is 12.5 Å². The molecular weight excluding hydrogens is 378 g/mol. The molecule has 8 nitrogen and oxygen atoms in total. The molecule has 2 aromatic carbocycles. The number of rotatable bonds is 8. The Bertz CT molecular complexity index is 908. The van der Waals surface area contributed by atoms with Crippen molar-refractivity contribution in [2.24, 2.45) is 0 Å². The van der Waals surface area contributed by atoms with Crippen LogP contribution in [0.25, 0.3) is 6.08 Å². The largest absolute Gasteiger partial charge is 0.504 e. The van der Waals surface area contributed by atoms with Crippen molar-refractivity contribution in [3.05, 3.63) is 53.6 Å². The Morgan fingerprint density at radius 3 is 2.34 bits per heavy atom. The second-order valence-corrected chi connectivity index (χ2v) is 6.06. The fraction of sp³-hybridized carbons (Fsp3) is 0.238. The van der Waals surface area contributed by atoms with Crippen molar-refractivity contribution in [2.45, 2.75) is 12.5 Å². The predicted octanol–water partition coefficient (Wildman–Crippen LogP) is 2.03. The second-order valence-electron chi connectivity index (χ2n) is 6.06. The summed E-state index contributed by atoms with van der Waals surface area (Å²) in [5, 5.41) is 21.6. The van der Waals surface area contributed by atoms with Gasteiger partial charge < -0.3 is 29.7 Å². The maximum Gasteiger partial charge on any atom is 0.328 e. The van der Waals surface area contributed by atoms with Gasteiger partial charge in [0.2, 0.25) is 5.91 Å². The first-order valence-electron chi connectivity index (χ1n) is 8.67. The number of esters is 1. The Hall–Kier alpha value is -3.68. The number of carbonyl (C=O) groups excluding carboxylic acids is 2. The molecule has 0 fully saturated rings. The maximum absolute atomic E-state index is 12.3. The quantitative estimate of drug-likeness (QED) is 0.352. The minimum absolute atomic E-state index is 0.0798. The normalized spacial score (nSPS) is 11.7. The van der Waals surface area contributed by atoms with E-state index < -0.39 is 17.9 Å². The smallest absolute Gasteiger partial charge is 0.328 e. The van der Waals surface area contributed by atoms with Gasteiger partial charge in [-0.1, -0.05) is 12.1 Å². The summed E-state index contributed by atoms with van der Waals surface area (Å²) in [6, 6.07) is 8.37. The van der Waals surface area contributed by atoms with Crippen LogP contribution in [0.4, 0.5) is 0 Å². The molecule has 0 aliphatic carbocycles. The molecule has 2 rings (SSSR count). The van der Waals surface area contributed by atoms with Crippen LogP contribution in [0.2, 0.25) is 0 Å². The lowest BCUT2D eigenvalue weighted by Crippen LogP contribution is -2.42. The third-order valence-electron chi connectivity index (χ3n) is 4.12. The number of benzene rings is 2. The maximum atomic E-state index is 12.3. The first kappa shape index (κ1) is 21.6.